The first-order valence-electron chi connectivity index (χ1n) is 16.0. The van der Waals surface area contributed by atoms with E-state index in [1.807, 2.05) is 24.4 Å². The van der Waals surface area contributed by atoms with Crippen LogP contribution in [0.2, 0.25) is 0 Å². The van der Waals surface area contributed by atoms with Crippen LogP contribution in [0.15, 0.2) is 61.0 Å². The van der Waals surface area contributed by atoms with Crippen molar-refractivity contribution in [1.29, 1.82) is 0 Å². The number of rotatable bonds is 9. The van der Waals surface area contributed by atoms with Crippen molar-refractivity contribution in [2.75, 3.05) is 20.1 Å². The first-order chi connectivity index (χ1) is 22.2. The zero-order valence-corrected chi connectivity index (χ0v) is 26.7. The SMILES string of the molecule is CN1CCC(Oc2ccc(C3=CNC(N)(c4ccnc(-c5cnn(S(=O)(=O)C6CC6)c5)n4)C=C3NC3CCC(F)CC3)nc2)CC1. The van der Waals surface area contributed by atoms with E-state index in [0.29, 0.717) is 55.6 Å². The van der Waals surface area contributed by atoms with Crippen molar-refractivity contribution in [3.8, 4) is 17.1 Å². The number of aromatic nitrogens is 5. The van der Waals surface area contributed by atoms with Gasteiger partial charge < -0.3 is 26.0 Å². The third kappa shape index (κ3) is 6.51. The second-order valence-electron chi connectivity index (χ2n) is 12.8. The molecule has 4 aliphatic rings. The highest BCUT2D eigenvalue weighted by Crippen LogP contribution is 2.33. The molecule has 2 aliphatic heterocycles. The number of pyridine rings is 1. The van der Waals surface area contributed by atoms with Gasteiger partial charge in [0.05, 0.1) is 40.8 Å². The van der Waals surface area contributed by atoms with Crippen molar-refractivity contribution < 1.29 is 17.5 Å². The van der Waals surface area contributed by atoms with Gasteiger partial charge >= 0.3 is 0 Å². The lowest BCUT2D eigenvalue weighted by Gasteiger charge is -2.35. The maximum Gasteiger partial charge on any atom is 0.256 e. The van der Waals surface area contributed by atoms with Crippen LogP contribution in [-0.2, 0) is 15.7 Å². The van der Waals surface area contributed by atoms with E-state index in [1.54, 1.807) is 18.5 Å². The largest absolute Gasteiger partial charge is 0.489 e. The summed E-state index contributed by atoms with van der Waals surface area (Å²) in [5.41, 5.74) is 9.00. The molecule has 2 saturated carbocycles. The molecule has 2 aliphatic carbocycles. The molecule has 1 saturated heterocycles. The van der Waals surface area contributed by atoms with Gasteiger partial charge in [-0.05, 0) is 82.7 Å². The van der Waals surface area contributed by atoms with Crippen LogP contribution in [0.4, 0.5) is 4.39 Å². The van der Waals surface area contributed by atoms with Crippen molar-refractivity contribution in [2.24, 2.45) is 5.73 Å². The van der Waals surface area contributed by atoms with E-state index in [4.69, 9.17) is 20.4 Å². The summed E-state index contributed by atoms with van der Waals surface area (Å²) in [6, 6.07) is 5.68. The minimum absolute atomic E-state index is 0.0799. The molecule has 1 atom stereocenters. The Morgan fingerprint density at radius 3 is 2.54 bits per heavy atom. The number of hydrogen-bond acceptors (Lipinski definition) is 11. The molecule has 7 rings (SSSR count). The third-order valence-corrected chi connectivity index (χ3v) is 11.3. The summed E-state index contributed by atoms with van der Waals surface area (Å²) in [6.45, 7) is 2.03. The number of hydrogen-bond donors (Lipinski definition) is 3. The van der Waals surface area contributed by atoms with Gasteiger partial charge in [0.2, 0.25) is 0 Å². The van der Waals surface area contributed by atoms with Gasteiger partial charge in [0.15, 0.2) is 11.5 Å². The first-order valence-corrected chi connectivity index (χ1v) is 17.5. The number of piperidine rings is 1. The van der Waals surface area contributed by atoms with E-state index in [1.165, 1.54) is 12.4 Å². The molecule has 4 N–H and O–H groups in total. The topological polar surface area (TPSA) is 153 Å². The van der Waals surface area contributed by atoms with Crippen molar-refractivity contribution in [1.82, 2.24) is 39.7 Å². The predicted molar refractivity (Wildman–Crippen MR) is 171 cm³/mol. The molecule has 0 radical (unpaired) electrons. The van der Waals surface area contributed by atoms with E-state index in [9.17, 15) is 12.8 Å². The first kappa shape index (κ1) is 30.8. The fraction of sp³-hybridized carbons (Fsp3) is 0.500. The van der Waals surface area contributed by atoms with Gasteiger partial charge in [0, 0.05) is 42.8 Å². The molecule has 0 aromatic carbocycles. The number of halogens is 1. The molecule has 12 nitrogen and oxygen atoms in total. The average Bonchev–Trinajstić information content (AvgIpc) is 3.81. The summed E-state index contributed by atoms with van der Waals surface area (Å²) >= 11 is 0. The Hall–Kier alpha value is -3.88. The third-order valence-electron chi connectivity index (χ3n) is 9.22. The Balaban J connectivity index is 1.14. The number of nitrogens with two attached hydrogens (primary N) is 1. The lowest BCUT2D eigenvalue weighted by atomic mass is 9.91. The molecular formula is C32H40FN9O3S. The van der Waals surface area contributed by atoms with Crippen LogP contribution in [-0.4, -0.2) is 81.2 Å². The number of nitrogens with one attached hydrogen (secondary N) is 2. The molecule has 14 heteroatoms. The minimum atomic E-state index is -3.52. The van der Waals surface area contributed by atoms with Crippen molar-refractivity contribution in [2.45, 2.75) is 80.6 Å². The van der Waals surface area contributed by atoms with Gasteiger partial charge in [-0.2, -0.15) is 9.19 Å². The molecule has 3 aromatic rings. The molecule has 3 fully saturated rings. The second-order valence-corrected chi connectivity index (χ2v) is 14.9. The van der Waals surface area contributed by atoms with Gasteiger partial charge in [0.25, 0.3) is 10.0 Å². The zero-order valence-electron chi connectivity index (χ0n) is 25.8. The molecule has 0 amide bonds. The smallest absolute Gasteiger partial charge is 0.256 e. The second kappa shape index (κ2) is 12.4. The van der Waals surface area contributed by atoms with Gasteiger partial charge in [-0.25, -0.2) is 22.8 Å². The molecule has 0 spiro atoms. The van der Waals surface area contributed by atoms with Crippen LogP contribution in [0, 0.1) is 0 Å². The maximum absolute atomic E-state index is 14.0. The van der Waals surface area contributed by atoms with E-state index in [0.717, 1.165) is 52.7 Å². The maximum atomic E-state index is 14.0. The number of dihydropyridines is 1. The van der Waals surface area contributed by atoms with Crippen LogP contribution in [0.25, 0.3) is 17.0 Å². The van der Waals surface area contributed by atoms with Gasteiger partial charge in [-0.3, -0.25) is 4.98 Å². The highest BCUT2D eigenvalue weighted by atomic mass is 32.2. The van der Waals surface area contributed by atoms with E-state index < -0.39 is 21.9 Å². The van der Waals surface area contributed by atoms with Crippen molar-refractivity contribution in [3.05, 3.63) is 72.3 Å². The summed E-state index contributed by atoms with van der Waals surface area (Å²) in [5, 5.41) is 10.6. The standard InChI is InChI=1S/C32H40FN9O3S/c1-41-14-11-24(12-15-41)45-25-6-9-28(36-18-25)27-19-37-32(34,16-29(27)39-23-4-2-22(33)3-5-23)30-10-13-35-31(40-30)21-17-38-42(20-21)46(43,44)26-7-8-26/h6,9-10,13,16-20,22-24,26,37,39H,2-5,7-8,11-12,14-15,34H2,1H3. The summed E-state index contributed by atoms with van der Waals surface area (Å²) in [6.07, 6.45) is 15.0. The Bertz CT molecular complexity index is 1720. The Labute approximate surface area is 268 Å². The lowest BCUT2D eigenvalue weighted by Crippen LogP contribution is -2.50. The van der Waals surface area contributed by atoms with Crippen LogP contribution in [0.3, 0.4) is 0 Å². The quantitative estimate of drug-likeness (QED) is 0.314. The Morgan fingerprint density at radius 2 is 1.83 bits per heavy atom. The van der Waals surface area contributed by atoms with E-state index in [2.05, 4.69) is 32.7 Å². The number of nitrogens with zero attached hydrogens (tertiary/aromatic N) is 6. The van der Waals surface area contributed by atoms with Crippen LogP contribution in [0.1, 0.15) is 62.8 Å². The summed E-state index contributed by atoms with van der Waals surface area (Å²) < 4.78 is 46.5. The van der Waals surface area contributed by atoms with Crippen LogP contribution in [0.5, 0.6) is 5.75 Å². The fourth-order valence-electron chi connectivity index (χ4n) is 6.22. The minimum Gasteiger partial charge on any atom is -0.489 e. The highest BCUT2D eigenvalue weighted by molar-refractivity contribution is 7.90. The molecule has 244 valence electrons. The zero-order chi connectivity index (χ0) is 31.9. The molecule has 0 bridgehead atoms. The number of allylic oxidation sites excluding steroid dienone is 1. The molecule has 5 heterocycles. The molecule has 3 aromatic heterocycles. The number of ether oxygens (including phenoxy) is 1. The normalized spacial score (nSPS) is 26.2. The van der Waals surface area contributed by atoms with Gasteiger partial charge in [-0.15, -0.1) is 0 Å². The summed E-state index contributed by atoms with van der Waals surface area (Å²) in [4.78, 5) is 16.1. The number of likely N-dealkylation sites (tertiary alicyclic amines) is 1. The lowest BCUT2D eigenvalue weighted by molar-refractivity contribution is 0.114. The van der Waals surface area contributed by atoms with Gasteiger partial charge in [0.1, 0.15) is 18.0 Å². The van der Waals surface area contributed by atoms with Crippen molar-refractivity contribution >= 4 is 15.6 Å². The molecular weight excluding hydrogens is 609 g/mol. The monoisotopic (exact) mass is 649 g/mol. The highest BCUT2D eigenvalue weighted by Gasteiger charge is 2.38. The van der Waals surface area contributed by atoms with Crippen molar-refractivity contribution in [3.63, 3.8) is 0 Å². The number of alkyl halides is 1. The fourth-order valence-corrected chi connectivity index (χ4v) is 7.70. The Morgan fingerprint density at radius 1 is 1.04 bits per heavy atom. The molecule has 46 heavy (non-hydrogen) atoms. The Kier molecular flexibility index (Phi) is 8.28. The molecule has 1 unspecified atom stereocenters. The average molecular weight is 650 g/mol. The summed E-state index contributed by atoms with van der Waals surface area (Å²) in [7, 11) is -1.39. The predicted octanol–water partition coefficient (Wildman–Crippen LogP) is 3.06. The van der Waals surface area contributed by atoms with E-state index >= 15 is 0 Å². The summed E-state index contributed by atoms with van der Waals surface area (Å²) in [5.74, 6) is 1.04. The van der Waals surface area contributed by atoms with Crippen LogP contribution < -0.4 is 21.1 Å². The van der Waals surface area contributed by atoms with E-state index in [-0.39, 0.29) is 17.4 Å². The van der Waals surface area contributed by atoms with Gasteiger partial charge in [-0.1, -0.05) is 0 Å². The van der Waals surface area contributed by atoms with Crippen LogP contribution >= 0.6 is 0 Å².